The first kappa shape index (κ1) is 14.9. The summed E-state index contributed by atoms with van der Waals surface area (Å²) < 4.78 is 5.52. The Morgan fingerprint density at radius 3 is 2.77 bits per heavy atom. The van der Waals surface area contributed by atoms with E-state index in [4.69, 9.17) is 32.8 Å². The van der Waals surface area contributed by atoms with Crippen LogP contribution in [0.25, 0.3) is 0 Å². The Morgan fingerprint density at radius 1 is 1.14 bits per heavy atom. The van der Waals surface area contributed by atoms with Crippen LogP contribution in [-0.4, -0.2) is 18.3 Å². The second kappa shape index (κ2) is 6.38. The summed E-state index contributed by atoms with van der Waals surface area (Å²) in [6.07, 6.45) is 0.575. The Kier molecular flexibility index (Phi) is 4.32. The van der Waals surface area contributed by atoms with E-state index >= 15 is 0 Å². The molecule has 3 rings (SSSR count). The minimum absolute atomic E-state index is 0.291. The van der Waals surface area contributed by atoms with Gasteiger partial charge in [-0.15, -0.1) is 0 Å². The molecule has 1 aliphatic heterocycles. The molecule has 0 bridgehead atoms. The van der Waals surface area contributed by atoms with Crippen LogP contribution in [0.5, 0.6) is 5.75 Å². The molecule has 0 saturated heterocycles. The largest absolute Gasteiger partial charge is 0.492 e. The monoisotopic (exact) mass is 335 g/mol. The molecule has 4 nitrogen and oxygen atoms in total. The SMILES string of the molecule is O=C(O/N=C1/CCOc2ccccc21)c1ccc(Cl)c(Cl)c1. The summed E-state index contributed by atoms with van der Waals surface area (Å²) in [5, 5.41) is 4.63. The van der Waals surface area contributed by atoms with Gasteiger partial charge in [0.05, 0.1) is 27.9 Å². The number of para-hydroxylation sites is 1. The van der Waals surface area contributed by atoms with Crippen molar-refractivity contribution in [3.63, 3.8) is 0 Å². The Labute approximate surface area is 137 Å². The van der Waals surface area contributed by atoms with Gasteiger partial charge in [0.25, 0.3) is 0 Å². The molecule has 0 aromatic heterocycles. The molecule has 0 saturated carbocycles. The van der Waals surface area contributed by atoms with Crippen LogP contribution in [0.4, 0.5) is 0 Å². The number of ether oxygens (including phenoxy) is 1. The number of halogens is 2. The van der Waals surface area contributed by atoms with Gasteiger partial charge in [0, 0.05) is 12.0 Å². The van der Waals surface area contributed by atoms with E-state index in [1.807, 2.05) is 24.3 Å². The molecule has 2 aromatic rings. The molecule has 0 aliphatic carbocycles. The number of fused-ring (bicyclic) bond motifs is 1. The number of benzene rings is 2. The van der Waals surface area contributed by atoms with E-state index in [1.165, 1.54) is 18.2 Å². The zero-order valence-corrected chi connectivity index (χ0v) is 12.9. The van der Waals surface area contributed by atoms with Gasteiger partial charge in [0.15, 0.2) is 0 Å². The summed E-state index contributed by atoms with van der Waals surface area (Å²) in [5.74, 6) is 0.146. The van der Waals surface area contributed by atoms with Crippen molar-refractivity contribution < 1.29 is 14.4 Å². The highest BCUT2D eigenvalue weighted by atomic mass is 35.5. The van der Waals surface area contributed by atoms with Gasteiger partial charge in [-0.1, -0.05) is 40.5 Å². The molecule has 6 heteroatoms. The van der Waals surface area contributed by atoms with Gasteiger partial charge < -0.3 is 9.57 Å². The van der Waals surface area contributed by atoms with Crippen LogP contribution in [-0.2, 0) is 4.84 Å². The fraction of sp³-hybridized carbons (Fsp3) is 0.125. The highest BCUT2D eigenvalue weighted by molar-refractivity contribution is 6.42. The van der Waals surface area contributed by atoms with E-state index < -0.39 is 5.97 Å². The predicted molar refractivity (Wildman–Crippen MR) is 85.0 cm³/mol. The maximum absolute atomic E-state index is 12.0. The Hall–Kier alpha value is -2.04. The average Bonchev–Trinajstić information content (AvgIpc) is 2.55. The van der Waals surface area contributed by atoms with E-state index in [1.54, 1.807) is 0 Å². The van der Waals surface area contributed by atoms with Crippen molar-refractivity contribution in [2.24, 2.45) is 5.16 Å². The second-order valence-electron chi connectivity index (χ2n) is 4.64. The van der Waals surface area contributed by atoms with Gasteiger partial charge in [0.1, 0.15) is 5.75 Å². The third-order valence-electron chi connectivity index (χ3n) is 3.19. The lowest BCUT2D eigenvalue weighted by atomic mass is 10.0. The highest BCUT2D eigenvalue weighted by Gasteiger charge is 2.17. The number of carbonyl (C=O) groups is 1. The molecular formula is C16H11Cl2NO3. The van der Waals surface area contributed by atoms with Crippen molar-refractivity contribution >= 4 is 34.9 Å². The summed E-state index contributed by atoms with van der Waals surface area (Å²) >= 11 is 11.7. The number of hydrogen-bond donors (Lipinski definition) is 0. The van der Waals surface area contributed by atoms with E-state index in [0.29, 0.717) is 34.3 Å². The van der Waals surface area contributed by atoms with E-state index in [9.17, 15) is 4.79 Å². The lowest BCUT2D eigenvalue weighted by molar-refractivity contribution is 0.0514. The molecule has 1 aliphatic rings. The zero-order valence-electron chi connectivity index (χ0n) is 11.4. The summed E-state index contributed by atoms with van der Waals surface area (Å²) in [5.41, 5.74) is 1.80. The Morgan fingerprint density at radius 2 is 1.95 bits per heavy atom. The van der Waals surface area contributed by atoms with Crippen LogP contribution < -0.4 is 4.74 Å². The van der Waals surface area contributed by atoms with Gasteiger partial charge in [-0.25, -0.2) is 4.79 Å². The van der Waals surface area contributed by atoms with Gasteiger partial charge in [-0.2, -0.15) is 0 Å². The number of rotatable bonds is 2. The molecule has 112 valence electrons. The fourth-order valence-electron chi connectivity index (χ4n) is 2.09. The van der Waals surface area contributed by atoms with Crippen LogP contribution in [0.3, 0.4) is 0 Å². The van der Waals surface area contributed by atoms with Crippen molar-refractivity contribution in [3.05, 3.63) is 63.6 Å². The maximum Gasteiger partial charge on any atom is 0.365 e. The van der Waals surface area contributed by atoms with Crippen LogP contribution >= 0.6 is 23.2 Å². The van der Waals surface area contributed by atoms with Crippen LogP contribution in [0, 0.1) is 0 Å². The number of oxime groups is 1. The molecule has 0 unspecified atom stereocenters. The third-order valence-corrected chi connectivity index (χ3v) is 3.93. The van der Waals surface area contributed by atoms with Crippen molar-refractivity contribution in [1.29, 1.82) is 0 Å². The molecule has 1 heterocycles. The Bertz CT molecular complexity index is 759. The molecule has 2 aromatic carbocycles. The first-order valence-corrected chi connectivity index (χ1v) is 7.36. The summed E-state index contributed by atoms with van der Waals surface area (Å²) in [6, 6.07) is 12.0. The molecule has 0 radical (unpaired) electrons. The van der Waals surface area contributed by atoms with E-state index in [-0.39, 0.29) is 0 Å². The number of hydrogen-bond acceptors (Lipinski definition) is 4. The summed E-state index contributed by atoms with van der Waals surface area (Å²) in [6.45, 7) is 0.500. The maximum atomic E-state index is 12.0. The first-order chi connectivity index (χ1) is 10.6. The van der Waals surface area contributed by atoms with Crippen molar-refractivity contribution in [2.45, 2.75) is 6.42 Å². The Balaban J connectivity index is 1.79. The van der Waals surface area contributed by atoms with Crippen LogP contribution in [0.15, 0.2) is 47.6 Å². The second-order valence-corrected chi connectivity index (χ2v) is 5.45. The number of carbonyl (C=O) groups excluding carboxylic acids is 1. The van der Waals surface area contributed by atoms with Crippen LogP contribution in [0.1, 0.15) is 22.3 Å². The lowest BCUT2D eigenvalue weighted by Crippen LogP contribution is -2.17. The topological polar surface area (TPSA) is 47.9 Å². The van der Waals surface area contributed by atoms with Crippen molar-refractivity contribution in [1.82, 2.24) is 0 Å². The van der Waals surface area contributed by atoms with Crippen molar-refractivity contribution in [2.75, 3.05) is 6.61 Å². The normalized spacial score (nSPS) is 15.1. The summed E-state index contributed by atoms with van der Waals surface area (Å²) in [4.78, 5) is 17.0. The lowest BCUT2D eigenvalue weighted by Gasteiger charge is -2.17. The molecule has 22 heavy (non-hydrogen) atoms. The smallest absolute Gasteiger partial charge is 0.365 e. The van der Waals surface area contributed by atoms with Gasteiger partial charge in [-0.05, 0) is 30.3 Å². The fourth-order valence-corrected chi connectivity index (χ4v) is 2.39. The molecule has 0 atom stereocenters. The highest BCUT2D eigenvalue weighted by Crippen LogP contribution is 2.25. The zero-order chi connectivity index (χ0) is 15.5. The van der Waals surface area contributed by atoms with Crippen LogP contribution in [0.2, 0.25) is 10.0 Å². The van der Waals surface area contributed by atoms with E-state index in [2.05, 4.69) is 5.16 Å². The summed E-state index contributed by atoms with van der Waals surface area (Å²) in [7, 11) is 0. The molecule has 0 N–H and O–H groups in total. The molecule has 0 spiro atoms. The standard InChI is InChI=1S/C16H11Cl2NO3/c17-12-6-5-10(9-13(12)18)16(20)22-19-14-7-8-21-15-4-2-1-3-11(14)15/h1-6,9H,7-8H2/b19-14-. The predicted octanol–water partition coefficient (Wildman–Crippen LogP) is 4.34. The van der Waals surface area contributed by atoms with Gasteiger partial charge in [0.2, 0.25) is 0 Å². The number of nitrogens with zero attached hydrogens (tertiary/aromatic N) is 1. The van der Waals surface area contributed by atoms with Gasteiger partial charge >= 0.3 is 5.97 Å². The molecular weight excluding hydrogens is 325 g/mol. The third kappa shape index (κ3) is 3.08. The quantitative estimate of drug-likeness (QED) is 0.606. The molecule has 0 amide bonds. The van der Waals surface area contributed by atoms with E-state index in [0.717, 1.165) is 11.3 Å². The first-order valence-electron chi connectivity index (χ1n) is 6.60. The van der Waals surface area contributed by atoms with Crippen molar-refractivity contribution in [3.8, 4) is 5.75 Å². The minimum atomic E-state index is -0.588. The van der Waals surface area contributed by atoms with Gasteiger partial charge in [-0.3, -0.25) is 0 Å². The minimum Gasteiger partial charge on any atom is -0.492 e. The molecule has 0 fully saturated rings. The average molecular weight is 336 g/mol.